The minimum atomic E-state index is -0.794. The predicted molar refractivity (Wildman–Crippen MR) is 122 cm³/mol. The molecule has 1 atom stereocenters. The summed E-state index contributed by atoms with van der Waals surface area (Å²) in [5.74, 6) is 3.03. The molecule has 7 heteroatoms. The van der Waals surface area contributed by atoms with Crippen molar-refractivity contribution in [2.24, 2.45) is 0 Å². The first-order valence-corrected chi connectivity index (χ1v) is 10.3. The zero-order valence-corrected chi connectivity index (χ0v) is 18.1. The van der Waals surface area contributed by atoms with Crippen LogP contribution in [0.15, 0.2) is 72.8 Å². The number of ether oxygens (including phenoxy) is 4. The van der Waals surface area contributed by atoms with Crippen LogP contribution in [0.5, 0.6) is 23.0 Å². The molecule has 166 valence electrons. The Morgan fingerprint density at radius 1 is 0.844 bits per heavy atom. The average Bonchev–Trinajstić information content (AvgIpc) is 3.19. The molecule has 0 saturated heterocycles. The van der Waals surface area contributed by atoms with Gasteiger partial charge in [-0.05, 0) is 36.4 Å². The van der Waals surface area contributed by atoms with Crippen LogP contribution in [-0.2, 0) is 13.2 Å². The second kappa shape index (κ2) is 10.1. The van der Waals surface area contributed by atoms with Gasteiger partial charge in [0.25, 0.3) is 0 Å². The van der Waals surface area contributed by atoms with Crippen LogP contribution in [0.3, 0.4) is 0 Å². The molecule has 0 fully saturated rings. The summed E-state index contributed by atoms with van der Waals surface area (Å²) in [5, 5.41) is 10.8. The van der Waals surface area contributed by atoms with Gasteiger partial charge in [0, 0.05) is 0 Å². The third-order valence-corrected chi connectivity index (χ3v) is 5.04. The van der Waals surface area contributed by atoms with Gasteiger partial charge in [0.1, 0.15) is 30.9 Å². The van der Waals surface area contributed by atoms with Crippen LogP contribution in [0, 0.1) is 0 Å². The van der Waals surface area contributed by atoms with Crippen molar-refractivity contribution in [1.29, 1.82) is 0 Å². The lowest BCUT2D eigenvalue weighted by molar-refractivity contribution is 0.0887. The summed E-state index contributed by atoms with van der Waals surface area (Å²) >= 11 is 0. The Bertz CT molecular complexity index is 1140. The van der Waals surface area contributed by atoms with Gasteiger partial charge in [0.05, 0.1) is 31.8 Å². The lowest BCUT2D eigenvalue weighted by Crippen LogP contribution is -2.25. The maximum Gasteiger partial charge on any atom is 0.203 e. The molecule has 0 bridgehead atoms. The zero-order valence-electron chi connectivity index (χ0n) is 18.1. The Morgan fingerprint density at radius 3 is 2.25 bits per heavy atom. The fraction of sp³-hybridized carbons (Fsp3) is 0.240. The van der Waals surface area contributed by atoms with Crippen LogP contribution in [-0.4, -0.2) is 41.6 Å². The van der Waals surface area contributed by atoms with Gasteiger partial charge < -0.3 is 28.6 Å². The van der Waals surface area contributed by atoms with E-state index in [0.717, 1.165) is 22.6 Å². The van der Waals surface area contributed by atoms with Gasteiger partial charge in [-0.15, -0.1) is 0 Å². The number of aliphatic hydroxyl groups excluding tert-OH is 1. The first kappa shape index (κ1) is 21.5. The highest BCUT2D eigenvalue weighted by Crippen LogP contribution is 2.36. The molecule has 1 aromatic heterocycles. The molecule has 0 aliphatic carbocycles. The van der Waals surface area contributed by atoms with Gasteiger partial charge in [0.2, 0.25) is 5.75 Å². The molecule has 7 nitrogen and oxygen atoms in total. The highest BCUT2D eigenvalue weighted by Gasteiger charge is 2.17. The van der Waals surface area contributed by atoms with Gasteiger partial charge >= 0.3 is 0 Å². The van der Waals surface area contributed by atoms with Crippen LogP contribution in [0.25, 0.3) is 11.0 Å². The molecule has 0 aliphatic rings. The normalized spacial score (nSPS) is 11.8. The van der Waals surface area contributed by atoms with E-state index >= 15 is 0 Å². The van der Waals surface area contributed by atoms with Gasteiger partial charge in [-0.3, -0.25) is 0 Å². The molecule has 1 heterocycles. The van der Waals surface area contributed by atoms with Crippen molar-refractivity contribution in [2.75, 3.05) is 20.8 Å². The predicted octanol–water partition coefficient (Wildman–Crippen LogP) is 4.07. The fourth-order valence-electron chi connectivity index (χ4n) is 3.51. The Balaban J connectivity index is 1.51. The summed E-state index contributed by atoms with van der Waals surface area (Å²) < 4.78 is 24.5. The highest BCUT2D eigenvalue weighted by atomic mass is 16.5. The van der Waals surface area contributed by atoms with E-state index in [1.807, 2.05) is 65.2 Å². The van der Waals surface area contributed by atoms with Crippen molar-refractivity contribution in [1.82, 2.24) is 9.55 Å². The van der Waals surface area contributed by atoms with E-state index < -0.39 is 6.10 Å². The third-order valence-electron chi connectivity index (χ3n) is 5.04. The third kappa shape index (κ3) is 4.78. The SMILES string of the molecule is COc1cccc(OC)c1OCC(O)Cn1c(COc2ccccc2)nc2ccccc21. The Labute approximate surface area is 186 Å². The molecule has 0 spiro atoms. The smallest absolute Gasteiger partial charge is 0.203 e. The first-order valence-electron chi connectivity index (χ1n) is 10.3. The maximum absolute atomic E-state index is 10.8. The van der Waals surface area contributed by atoms with Crippen molar-refractivity contribution in [2.45, 2.75) is 19.3 Å². The summed E-state index contributed by atoms with van der Waals surface area (Å²) in [6.45, 7) is 0.639. The average molecular weight is 434 g/mol. The fourth-order valence-corrected chi connectivity index (χ4v) is 3.51. The minimum absolute atomic E-state index is 0.0578. The lowest BCUT2D eigenvalue weighted by Gasteiger charge is -2.18. The molecule has 0 amide bonds. The summed E-state index contributed by atoms with van der Waals surface area (Å²) in [7, 11) is 3.13. The highest BCUT2D eigenvalue weighted by molar-refractivity contribution is 5.75. The number of methoxy groups -OCH3 is 2. The van der Waals surface area contributed by atoms with Crippen LogP contribution in [0.1, 0.15) is 5.82 Å². The molecule has 4 rings (SSSR count). The standard InChI is InChI=1S/C25H26N2O5/c1-29-22-13-8-14-23(30-2)25(22)32-16-18(28)15-27-21-12-7-6-11-20(21)26-24(27)17-31-19-9-4-3-5-10-19/h3-14,18,28H,15-17H2,1-2H3. The first-order chi connectivity index (χ1) is 15.7. The summed E-state index contributed by atoms with van der Waals surface area (Å²) in [6, 6.07) is 22.8. The van der Waals surface area contributed by atoms with Crippen molar-refractivity contribution in [3.05, 3.63) is 78.6 Å². The van der Waals surface area contributed by atoms with Crippen molar-refractivity contribution in [3.63, 3.8) is 0 Å². The van der Waals surface area contributed by atoms with E-state index in [2.05, 4.69) is 0 Å². The van der Waals surface area contributed by atoms with Gasteiger partial charge in [0.15, 0.2) is 11.5 Å². The van der Waals surface area contributed by atoms with Gasteiger partial charge in [-0.1, -0.05) is 36.4 Å². The number of para-hydroxylation sites is 4. The van der Waals surface area contributed by atoms with Crippen molar-refractivity contribution in [3.8, 4) is 23.0 Å². The molecule has 0 saturated carbocycles. The Hall–Kier alpha value is -3.71. The largest absolute Gasteiger partial charge is 0.493 e. The minimum Gasteiger partial charge on any atom is -0.493 e. The maximum atomic E-state index is 10.8. The molecular formula is C25H26N2O5. The van der Waals surface area contributed by atoms with Crippen LogP contribution in [0.4, 0.5) is 0 Å². The van der Waals surface area contributed by atoms with E-state index in [1.165, 1.54) is 0 Å². The lowest BCUT2D eigenvalue weighted by atomic mass is 10.3. The van der Waals surface area contributed by atoms with E-state index in [0.29, 0.717) is 23.8 Å². The van der Waals surface area contributed by atoms with E-state index in [1.54, 1.807) is 26.4 Å². The molecule has 0 aliphatic heterocycles. The molecule has 4 aromatic rings. The number of hydrogen-bond acceptors (Lipinski definition) is 6. The second-order valence-corrected chi connectivity index (χ2v) is 7.19. The molecule has 1 N–H and O–H groups in total. The number of imidazole rings is 1. The van der Waals surface area contributed by atoms with E-state index in [-0.39, 0.29) is 13.2 Å². The Morgan fingerprint density at radius 2 is 1.53 bits per heavy atom. The summed E-state index contributed by atoms with van der Waals surface area (Å²) in [6.07, 6.45) is -0.794. The molecule has 0 radical (unpaired) electrons. The van der Waals surface area contributed by atoms with E-state index in [4.69, 9.17) is 23.9 Å². The molecule has 32 heavy (non-hydrogen) atoms. The number of hydrogen-bond donors (Lipinski definition) is 1. The zero-order chi connectivity index (χ0) is 22.3. The van der Waals surface area contributed by atoms with Gasteiger partial charge in [-0.25, -0.2) is 4.98 Å². The van der Waals surface area contributed by atoms with Crippen LogP contribution < -0.4 is 18.9 Å². The van der Waals surface area contributed by atoms with Crippen molar-refractivity contribution >= 4 is 11.0 Å². The topological polar surface area (TPSA) is 75.0 Å². The number of aliphatic hydroxyl groups is 1. The van der Waals surface area contributed by atoms with Crippen LogP contribution >= 0.6 is 0 Å². The monoisotopic (exact) mass is 434 g/mol. The number of benzene rings is 3. The quantitative estimate of drug-likeness (QED) is 0.406. The summed E-state index contributed by atoms with van der Waals surface area (Å²) in [4.78, 5) is 4.70. The second-order valence-electron chi connectivity index (χ2n) is 7.19. The van der Waals surface area contributed by atoms with Crippen LogP contribution in [0.2, 0.25) is 0 Å². The summed E-state index contributed by atoms with van der Waals surface area (Å²) in [5.41, 5.74) is 1.77. The van der Waals surface area contributed by atoms with Gasteiger partial charge in [-0.2, -0.15) is 0 Å². The molecule has 1 unspecified atom stereocenters. The Kier molecular flexibility index (Phi) is 6.77. The molecule has 3 aromatic carbocycles. The number of nitrogens with zero attached hydrogens (tertiary/aromatic N) is 2. The number of aromatic nitrogens is 2. The number of fused-ring (bicyclic) bond motifs is 1. The van der Waals surface area contributed by atoms with E-state index in [9.17, 15) is 5.11 Å². The number of rotatable bonds is 10. The molecular weight excluding hydrogens is 408 g/mol. The van der Waals surface area contributed by atoms with Crippen molar-refractivity contribution < 1.29 is 24.1 Å².